The zero-order chi connectivity index (χ0) is 21.4. The first-order valence-electron chi connectivity index (χ1n) is 10.5. The Morgan fingerprint density at radius 2 is 1.76 bits per heavy atom. The van der Waals surface area contributed by atoms with Crippen molar-refractivity contribution in [2.24, 2.45) is 0 Å². The minimum Gasteiger partial charge on any atom is -0.311 e. The summed E-state index contributed by atoms with van der Waals surface area (Å²) >= 11 is 0. The highest BCUT2D eigenvalue weighted by molar-refractivity contribution is 5.92. The van der Waals surface area contributed by atoms with E-state index in [1.54, 1.807) is 6.20 Å². The van der Waals surface area contributed by atoms with Gasteiger partial charge in [-0.2, -0.15) is 0 Å². The van der Waals surface area contributed by atoms with Gasteiger partial charge < -0.3 is 5.32 Å². The number of carbonyl (C=O) groups excluding carboxylic acids is 1. The number of fused-ring (bicyclic) bond motifs is 1. The molecule has 1 N–H and O–H groups in total. The van der Waals surface area contributed by atoms with Crippen molar-refractivity contribution in [1.82, 2.24) is 9.97 Å². The number of hydrogen-bond acceptors (Lipinski definition) is 3. The summed E-state index contributed by atoms with van der Waals surface area (Å²) in [6, 6.07) is 3.91. The molecule has 0 radical (unpaired) electrons. The Hall–Kier alpha value is -2.75. The monoisotopic (exact) mass is 391 g/mol. The number of unbranched alkanes of at least 4 members (excludes halogenated alkanes) is 1. The highest BCUT2D eigenvalue weighted by Gasteiger charge is 2.09. The molecule has 2 heterocycles. The molecule has 0 aliphatic heterocycles. The van der Waals surface area contributed by atoms with E-state index < -0.39 is 0 Å². The second-order valence-corrected chi connectivity index (χ2v) is 7.46. The van der Waals surface area contributed by atoms with Gasteiger partial charge in [-0.05, 0) is 68.9 Å². The molecule has 4 nitrogen and oxygen atoms in total. The third-order valence-electron chi connectivity index (χ3n) is 5.17. The van der Waals surface area contributed by atoms with E-state index in [1.807, 2.05) is 12.3 Å². The summed E-state index contributed by atoms with van der Waals surface area (Å²) in [6.07, 6.45) is 12.7. The van der Waals surface area contributed by atoms with Crippen LogP contribution in [0.15, 0.2) is 53.4 Å². The van der Waals surface area contributed by atoms with Crippen LogP contribution in [0.4, 0.5) is 5.82 Å². The van der Waals surface area contributed by atoms with Gasteiger partial charge in [0.15, 0.2) is 0 Å². The third kappa shape index (κ3) is 6.11. The third-order valence-corrected chi connectivity index (χ3v) is 5.17. The fourth-order valence-electron chi connectivity index (χ4n) is 3.35. The molecule has 0 unspecified atom stereocenters. The van der Waals surface area contributed by atoms with Crippen LogP contribution in [0.1, 0.15) is 72.9 Å². The second-order valence-electron chi connectivity index (χ2n) is 7.46. The summed E-state index contributed by atoms with van der Waals surface area (Å²) in [4.78, 5) is 20.3. The fraction of sp³-hybridized carbons (Fsp3) is 0.400. The molecule has 1 amide bonds. The van der Waals surface area contributed by atoms with Gasteiger partial charge >= 0.3 is 0 Å². The van der Waals surface area contributed by atoms with Crippen molar-refractivity contribution in [2.45, 2.75) is 67.2 Å². The normalized spacial score (nSPS) is 13.4. The Morgan fingerprint density at radius 1 is 1.07 bits per heavy atom. The molecule has 4 heteroatoms. The number of pyridine rings is 2. The highest BCUT2D eigenvalue weighted by atomic mass is 16.1. The predicted octanol–water partition coefficient (Wildman–Crippen LogP) is 6.85. The van der Waals surface area contributed by atoms with Gasteiger partial charge in [0.05, 0.1) is 5.69 Å². The van der Waals surface area contributed by atoms with Crippen LogP contribution in [0.3, 0.4) is 0 Å². The van der Waals surface area contributed by atoms with E-state index >= 15 is 0 Å². The Kier molecular flexibility index (Phi) is 8.32. The number of anilines is 1. The van der Waals surface area contributed by atoms with Crippen molar-refractivity contribution in [3.8, 4) is 0 Å². The average Bonchev–Trinajstić information content (AvgIpc) is 2.70. The van der Waals surface area contributed by atoms with Crippen LogP contribution < -0.4 is 5.32 Å². The summed E-state index contributed by atoms with van der Waals surface area (Å²) in [7, 11) is 0. The van der Waals surface area contributed by atoms with Crippen molar-refractivity contribution in [3.63, 3.8) is 0 Å². The lowest BCUT2D eigenvalue weighted by atomic mass is 9.95. The molecular weight excluding hydrogens is 358 g/mol. The maximum atomic E-state index is 11.2. The van der Waals surface area contributed by atoms with Crippen LogP contribution in [-0.4, -0.2) is 15.9 Å². The number of hydrogen-bond donors (Lipinski definition) is 1. The summed E-state index contributed by atoms with van der Waals surface area (Å²) in [5.41, 5.74) is 6.19. The van der Waals surface area contributed by atoms with Gasteiger partial charge in [-0.25, -0.2) is 4.98 Å². The molecule has 29 heavy (non-hydrogen) atoms. The summed E-state index contributed by atoms with van der Waals surface area (Å²) in [5.74, 6) is 0.412. The van der Waals surface area contributed by atoms with E-state index in [1.165, 1.54) is 36.5 Å². The Balaban J connectivity index is 2.39. The minimum atomic E-state index is -0.132. The maximum Gasteiger partial charge on any atom is 0.222 e. The Bertz CT molecular complexity index is 967. The van der Waals surface area contributed by atoms with Gasteiger partial charge in [0, 0.05) is 30.1 Å². The molecule has 0 spiro atoms. The molecule has 0 aliphatic carbocycles. The molecule has 2 aromatic heterocycles. The van der Waals surface area contributed by atoms with E-state index in [9.17, 15) is 4.79 Å². The summed E-state index contributed by atoms with van der Waals surface area (Å²) < 4.78 is 0. The van der Waals surface area contributed by atoms with Crippen molar-refractivity contribution in [3.05, 3.63) is 59.1 Å². The quantitative estimate of drug-likeness (QED) is 0.500. The summed E-state index contributed by atoms with van der Waals surface area (Å²) in [6.45, 7) is 12.4. The van der Waals surface area contributed by atoms with E-state index in [4.69, 9.17) is 0 Å². The van der Waals surface area contributed by atoms with Gasteiger partial charge in [0.1, 0.15) is 5.82 Å². The van der Waals surface area contributed by atoms with Gasteiger partial charge in [0.2, 0.25) is 5.91 Å². The van der Waals surface area contributed by atoms with Gasteiger partial charge in [0.25, 0.3) is 0 Å². The molecule has 0 fully saturated rings. The minimum absolute atomic E-state index is 0.132. The van der Waals surface area contributed by atoms with Crippen molar-refractivity contribution < 1.29 is 4.79 Å². The zero-order valence-corrected chi connectivity index (χ0v) is 18.6. The van der Waals surface area contributed by atoms with Crippen molar-refractivity contribution in [1.29, 1.82) is 0 Å². The summed E-state index contributed by atoms with van der Waals surface area (Å²) in [5, 5.41) is 4.67. The first-order valence-corrected chi connectivity index (χ1v) is 10.5. The molecule has 0 aliphatic rings. The molecular formula is C25H33N3O. The van der Waals surface area contributed by atoms with Crippen LogP contribution in [0, 0.1) is 0 Å². The van der Waals surface area contributed by atoms with Crippen molar-refractivity contribution >= 4 is 28.1 Å². The molecule has 0 aromatic carbocycles. The smallest absolute Gasteiger partial charge is 0.222 e. The number of carbonyl (C=O) groups is 1. The molecule has 2 aromatic rings. The molecule has 154 valence electrons. The van der Waals surface area contributed by atoms with E-state index in [0.29, 0.717) is 5.82 Å². The largest absolute Gasteiger partial charge is 0.311 e. The molecule has 0 saturated heterocycles. The van der Waals surface area contributed by atoms with Crippen LogP contribution in [0.2, 0.25) is 0 Å². The SMILES string of the molecule is C\C=C(/C(C)=C\C(CCCC)=C(/C)CC)c1cc2cnc(NC(C)=O)cc2cn1. The first-order chi connectivity index (χ1) is 13.9. The van der Waals surface area contributed by atoms with Gasteiger partial charge in [-0.3, -0.25) is 9.78 Å². The van der Waals surface area contributed by atoms with Gasteiger partial charge in [-0.1, -0.05) is 38.0 Å². The number of nitrogens with zero attached hydrogens (tertiary/aromatic N) is 2. The Labute approximate surface area is 174 Å². The first kappa shape index (κ1) is 22.5. The molecule has 2 rings (SSSR count). The lowest BCUT2D eigenvalue weighted by Gasteiger charge is -2.12. The topological polar surface area (TPSA) is 54.9 Å². The van der Waals surface area contributed by atoms with Crippen molar-refractivity contribution in [2.75, 3.05) is 5.32 Å². The zero-order valence-electron chi connectivity index (χ0n) is 18.6. The average molecular weight is 392 g/mol. The standard InChI is InChI=1S/C25H33N3O/c1-7-10-11-20(17(4)8-2)12-18(5)23(9-3)24-13-21-16-27-25(28-19(6)29)14-22(21)15-26-24/h9,12-16H,7-8,10-11H2,1-6H3,(H,27,28,29)/b18-12-,20-17+,23-9+. The number of nitrogens with one attached hydrogen (secondary N) is 1. The maximum absolute atomic E-state index is 11.2. The second kappa shape index (κ2) is 10.7. The molecule has 0 bridgehead atoms. The number of allylic oxidation sites excluding steroid dienone is 6. The van der Waals surface area contributed by atoms with Crippen LogP contribution in [0.5, 0.6) is 0 Å². The highest BCUT2D eigenvalue weighted by Crippen LogP contribution is 2.28. The van der Waals surface area contributed by atoms with Crippen LogP contribution >= 0.6 is 0 Å². The van der Waals surface area contributed by atoms with Crippen LogP contribution in [0.25, 0.3) is 16.3 Å². The molecule has 0 atom stereocenters. The van der Waals surface area contributed by atoms with Gasteiger partial charge in [-0.15, -0.1) is 0 Å². The van der Waals surface area contributed by atoms with E-state index in [2.05, 4.69) is 68.1 Å². The lowest BCUT2D eigenvalue weighted by molar-refractivity contribution is -0.114. The Morgan fingerprint density at radius 3 is 2.38 bits per heavy atom. The number of aromatic nitrogens is 2. The lowest BCUT2D eigenvalue weighted by Crippen LogP contribution is -2.07. The molecule has 0 saturated carbocycles. The fourth-order valence-corrected chi connectivity index (χ4v) is 3.35. The number of rotatable bonds is 8. The van der Waals surface area contributed by atoms with E-state index in [0.717, 1.165) is 34.9 Å². The number of amides is 1. The van der Waals surface area contributed by atoms with E-state index in [-0.39, 0.29) is 5.91 Å². The van der Waals surface area contributed by atoms with Crippen LogP contribution in [-0.2, 0) is 4.79 Å². The predicted molar refractivity (Wildman–Crippen MR) is 124 cm³/mol.